The number of pyridine rings is 1. The van der Waals surface area contributed by atoms with Crippen molar-refractivity contribution in [2.24, 2.45) is 0 Å². The van der Waals surface area contributed by atoms with E-state index in [1.807, 2.05) is 17.1 Å². The molecule has 2 aromatic heterocycles. The van der Waals surface area contributed by atoms with E-state index in [1.165, 1.54) is 0 Å². The maximum absolute atomic E-state index is 12.4. The van der Waals surface area contributed by atoms with Gasteiger partial charge in [-0.15, -0.1) is 0 Å². The summed E-state index contributed by atoms with van der Waals surface area (Å²) in [5, 5.41) is 3.91. The number of nitrogens with one attached hydrogen (secondary N) is 1. The molecular weight excluding hydrogens is 298 g/mol. The average Bonchev–Trinajstić information content (AvgIpc) is 2.88. The number of ether oxygens (including phenoxy) is 1. The van der Waals surface area contributed by atoms with Crippen molar-refractivity contribution in [3.8, 4) is 5.88 Å². The van der Waals surface area contributed by atoms with Gasteiger partial charge in [-0.05, 0) is 18.6 Å². The third-order valence-electron chi connectivity index (χ3n) is 3.31. The van der Waals surface area contributed by atoms with Crippen LogP contribution in [0.2, 0.25) is 0 Å². The van der Waals surface area contributed by atoms with E-state index < -0.39 is 6.61 Å². The number of hydrogen-bond acceptors (Lipinski definition) is 5. The Morgan fingerprint density at radius 1 is 1.38 bits per heavy atom. The highest BCUT2D eigenvalue weighted by Gasteiger charge is 2.17. The van der Waals surface area contributed by atoms with Gasteiger partial charge in [0.2, 0.25) is 5.88 Å². The van der Waals surface area contributed by atoms with Crippen LogP contribution in [0.3, 0.4) is 0 Å². The van der Waals surface area contributed by atoms with Crippen molar-refractivity contribution >= 4 is 23.0 Å². The molecule has 0 unspecified atom stereocenters. The van der Waals surface area contributed by atoms with Crippen LogP contribution >= 0.6 is 12.1 Å². The van der Waals surface area contributed by atoms with E-state index >= 15 is 0 Å². The van der Waals surface area contributed by atoms with Gasteiger partial charge in [-0.25, -0.2) is 9.29 Å². The lowest BCUT2D eigenvalue weighted by molar-refractivity contribution is -0.0517. The minimum atomic E-state index is -2.87. The third kappa shape index (κ3) is 3.12. The van der Waals surface area contributed by atoms with Crippen LogP contribution in [0.5, 0.6) is 5.88 Å². The molecule has 114 valence electrons. The molecule has 0 bridgehead atoms. The van der Waals surface area contributed by atoms with Gasteiger partial charge < -0.3 is 10.1 Å². The number of fused-ring (bicyclic) bond motifs is 1. The molecule has 1 aliphatic heterocycles. The van der Waals surface area contributed by atoms with Crippen LogP contribution < -0.4 is 10.1 Å². The summed E-state index contributed by atoms with van der Waals surface area (Å²) in [7, 11) is 0. The smallest absolute Gasteiger partial charge is 0.388 e. The van der Waals surface area contributed by atoms with Crippen molar-refractivity contribution in [3.05, 3.63) is 24.0 Å². The summed E-state index contributed by atoms with van der Waals surface area (Å²) in [4.78, 5) is 3.96. The Morgan fingerprint density at radius 2 is 2.14 bits per heavy atom. The first kappa shape index (κ1) is 14.6. The molecule has 0 atom stereocenters. The second-order valence-electron chi connectivity index (χ2n) is 4.79. The average molecular weight is 314 g/mol. The number of alkyl halides is 2. The van der Waals surface area contributed by atoms with Crippen LogP contribution in [0, 0.1) is 6.92 Å². The van der Waals surface area contributed by atoms with Crippen LogP contribution in [-0.2, 0) is 0 Å². The topological polar surface area (TPSA) is 42.3 Å². The number of hydrogen-bond donors (Lipinski definition) is 1. The molecule has 1 aliphatic rings. The molecule has 0 radical (unpaired) electrons. The van der Waals surface area contributed by atoms with Crippen LogP contribution in [0.25, 0.3) is 10.9 Å². The van der Waals surface area contributed by atoms with E-state index in [1.54, 1.807) is 24.4 Å². The first-order chi connectivity index (χ1) is 10.1. The lowest BCUT2D eigenvalue weighted by atomic mass is 10.2. The van der Waals surface area contributed by atoms with Crippen molar-refractivity contribution in [1.29, 1.82) is 0 Å². The summed E-state index contributed by atoms with van der Waals surface area (Å²) in [5.41, 5.74) is 1.79. The Kier molecular flexibility index (Phi) is 4.27. The molecule has 0 amide bonds. The zero-order chi connectivity index (χ0) is 14.8. The minimum Gasteiger partial charge on any atom is -0.416 e. The summed E-state index contributed by atoms with van der Waals surface area (Å²) >= 11 is 1.58. The Morgan fingerprint density at radius 3 is 2.86 bits per heavy atom. The summed E-state index contributed by atoms with van der Waals surface area (Å²) < 4.78 is 33.6. The zero-order valence-corrected chi connectivity index (χ0v) is 12.4. The van der Waals surface area contributed by atoms with Crippen LogP contribution in [0.15, 0.2) is 18.5 Å². The van der Waals surface area contributed by atoms with Gasteiger partial charge in [-0.1, -0.05) is 0 Å². The molecule has 1 N–H and O–H groups in total. The van der Waals surface area contributed by atoms with Gasteiger partial charge in [0, 0.05) is 50.7 Å². The molecule has 3 heterocycles. The normalized spacial score (nSPS) is 16.8. The maximum Gasteiger partial charge on any atom is 0.388 e. The highest BCUT2D eigenvalue weighted by Crippen LogP contribution is 2.31. The molecule has 5 nitrogen and oxygen atoms in total. The summed E-state index contributed by atoms with van der Waals surface area (Å²) in [6, 6.07) is 1.77. The van der Waals surface area contributed by atoms with Gasteiger partial charge in [0.05, 0.1) is 10.9 Å². The lowest BCUT2D eigenvalue weighted by Gasteiger charge is -2.26. The summed E-state index contributed by atoms with van der Waals surface area (Å²) in [5.74, 6) is -0.0229. The van der Waals surface area contributed by atoms with Crippen molar-refractivity contribution in [3.63, 3.8) is 0 Å². The highest BCUT2D eigenvalue weighted by atomic mass is 32.2. The standard InChI is InChI=1S/C13H16F2N4OS/c1-9-8-17-12(20-13(14)15)10-2-5-19(11(9)10)21-18-6-3-16-4-7-18/h2,5,8,13,16H,3-4,6-7H2,1H3. The van der Waals surface area contributed by atoms with E-state index in [2.05, 4.69) is 19.3 Å². The van der Waals surface area contributed by atoms with Crippen molar-refractivity contribution in [2.45, 2.75) is 13.5 Å². The number of aryl methyl sites for hydroxylation is 1. The number of nitrogens with zero attached hydrogens (tertiary/aromatic N) is 3. The van der Waals surface area contributed by atoms with Gasteiger partial charge in [-0.3, -0.25) is 3.97 Å². The summed E-state index contributed by atoms with van der Waals surface area (Å²) in [6.45, 7) is 2.83. The second-order valence-corrected chi connectivity index (χ2v) is 5.86. The quantitative estimate of drug-likeness (QED) is 0.877. The van der Waals surface area contributed by atoms with Gasteiger partial charge >= 0.3 is 6.61 Å². The van der Waals surface area contributed by atoms with Crippen LogP contribution in [0.1, 0.15) is 5.56 Å². The monoisotopic (exact) mass is 314 g/mol. The molecule has 2 aromatic rings. The summed E-state index contributed by atoms with van der Waals surface area (Å²) in [6.07, 6.45) is 3.43. The molecule has 0 spiro atoms. The van der Waals surface area contributed by atoms with Gasteiger partial charge in [0.25, 0.3) is 0 Å². The minimum absolute atomic E-state index is 0.0229. The number of halogens is 2. The molecule has 1 fully saturated rings. The molecule has 21 heavy (non-hydrogen) atoms. The predicted octanol–water partition coefficient (Wildman–Crippen LogP) is 2.26. The number of aromatic nitrogens is 2. The Hall–Kier alpha value is -1.38. The van der Waals surface area contributed by atoms with Gasteiger partial charge in [0.15, 0.2) is 0 Å². The molecule has 1 saturated heterocycles. The van der Waals surface area contributed by atoms with Gasteiger partial charge in [0.1, 0.15) is 0 Å². The Bertz CT molecular complexity index is 628. The maximum atomic E-state index is 12.4. The molecule has 0 aliphatic carbocycles. The number of piperazine rings is 1. The van der Waals surface area contributed by atoms with Crippen LogP contribution in [-0.4, -0.2) is 46.1 Å². The van der Waals surface area contributed by atoms with Crippen molar-refractivity contribution in [1.82, 2.24) is 18.6 Å². The third-order valence-corrected chi connectivity index (χ3v) is 4.39. The fraction of sp³-hybridized carbons (Fsp3) is 0.462. The van der Waals surface area contributed by atoms with E-state index in [0.29, 0.717) is 5.39 Å². The van der Waals surface area contributed by atoms with Crippen LogP contribution in [0.4, 0.5) is 8.78 Å². The van der Waals surface area contributed by atoms with E-state index in [9.17, 15) is 8.78 Å². The fourth-order valence-corrected chi connectivity index (χ4v) is 3.39. The Labute approximate surface area is 125 Å². The molecule has 0 saturated carbocycles. The van der Waals surface area contributed by atoms with Crippen molar-refractivity contribution < 1.29 is 13.5 Å². The predicted molar refractivity (Wildman–Crippen MR) is 78.5 cm³/mol. The zero-order valence-electron chi connectivity index (χ0n) is 11.6. The molecule has 8 heteroatoms. The Balaban J connectivity index is 1.92. The molecular formula is C13H16F2N4OS. The fourth-order valence-electron chi connectivity index (χ4n) is 2.36. The second kappa shape index (κ2) is 6.17. The molecule has 3 rings (SSSR count). The largest absolute Gasteiger partial charge is 0.416 e. The van der Waals surface area contributed by atoms with E-state index in [0.717, 1.165) is 37.3 Å². The SMILES string of the molecule is Cc1cnc(OC(F)F)c2ccn(SN3CCNCC3)c12. The number of rotatable bonds is 4. The van der Waals surface area contributed by atoms with E-state index in [4.69, 9.17) is 0 Å². The highest BCUT2D eigenvalue weighted by molar-refractivity contribution is 7.95. The van der Waals surface area contributed by atoms with Gasteiger partial charge in [-0.2, -0.15) is 8.78 Å². The van der Waals surface area contributed by atoms with E-state index in [-0.39, 0.29) is 5.88 Å². The first-order valence-corrected chi connectivity index (χ1v) is 7.44. The molecule has 0 aromatic carbocycles. The first-order valence-electron chi connectivity index (χ1n) is 6.71. The van der Waals surface area contributed by atoms with Crippen molar-refractivity contribution in [2.75, 3.05) is 26.2 Å². The lowest BCUT2D eigenvalue weighted by Crippen LogP contribution is -2.40.